The number of aromatic carboxylic acids is 1. The van der Waals surface area contributed by atoms with E-state index in [1.807, 2.05) is 13.8 Å². The van der Waals surface area contributed by atoms with Crippen LogP contribution in [0.15, 0.2) is 10.5 Å². The number of hydrogen-bond donors (Lipinski definition) is 2. The van der Waals surface area contributed by atoms with E-state index in [-0.39, 0.29) is 11.3 Å². The summed E-state index contributed by atoms with van der Waals surface area (Å²) in [4.78, 5) is 24.6. The molecule has 0 saturated heterocycles. The summed E-state index contributed by atoms with van der Waals surface area (Å²) >= 11 is 1.28. The highest BCUT2D eigenvalue weighted by Crippen LogP contribution is 2.34. The second kappa shape index (κ2) is 5.73. The van der Waals surface area contributed by atoms with Crippen LogP contribution in [0.25, 0.3) is 0 Å². The van der Waals surface area contributed by atoms with Crippen LogP contribution in [0.5, 0.6) is 0 Å². The van der Waals surface area contributed by atoms with Crippen molar-refractivity contribution >= 4 is 28.2 Å². The molecule has 0 aliphatic rings. The molecule has 0 unspecified atom stereocenters. The van der Waals surface area contributed by atoms with E-state index < -0.39 is 11.9 Å². The molecule has 112 valence electrons. The Morgan fingerprint density at radius 2 is 2.00 bits per heavy atom. The molecule has 0 aliphatic carbocycles. The molecule has 0 fully saturated rings. The van der Waals surface area contributed by atoms with Crippen molar-refractivity contribution in [2.24, 2.45) is 0 Å². The molecule has 0 atom stereocenters. The quantitative estimate of drug-likeness (QED) is 0.901. The van der Waals surface area contributed by atoms with E-state index in [0.717, 1.165) is 16.0 Å². The molecule has 1 amide bonds. The largest absolute Gasteiger partial charge is 0.478 e. The molecule has 5 nitrogen and oxygen atoms in total. The van der Waals surface area contributed by atoms with Crippen LogP contribution in [0.2, 0.25) is 0 Å². The monoisotopic (exact) mass is 307 g/mol. The third kappa shape index (κ3) is 2.85. The first-order valence-corrected chi connectivity index (χ1v) is 7.40. The summed E-state index contributed by atoms with van der Waals surface area (Å²) in [5.74, 6) is -0.591. The van der Waals surface area contributed by atoms with Gasteiger partial charge >= 0.3 is 5.97 Å². The van der Waals surface area contributed by atoms with Gasteiger partial charge in [-0.25, -0.2) is 4.79 Å². The minimum absolute atomic E-state index is 0.175. The summed E-state index contributed by atoms with van der Waals surface area (Å²) in [5, 5.41) is 12.4. The molecule has 0 aliphatic heterocycles. The molecule has 0 bridgehead atoms. The molecule has 2 rings (SSSR count). The lowest BCUT2D eigenvalue weighted by Gasteiger charge is -2.04. The fraction of sp³-hybridized carbons (Fsp3) is 0.333. The van der Waals surface area contributed by atoms with Gasteiger partial charge in [-0.2, -0.15) is 0 Å². The zero-order valence-electron chi connectivity index (χ0n) is 12.4. The van der Waals surface area contributed by atoms with Crippen LogP contribution in [0.4, 0.5) is 5.00 Å². The van der Waals surface area contributed by atoms with Crippen molar-refractivity contribution in [1.82, 2.24) is 0 Å². The lowest BCUT2D eigenvalue weighted by atomic mass is 10.1. The molecular weight excluding hydrogens is 290 g/mol. The average molecular weight is 307 g/mol. The first kappa shape index (κ1) is 15.3. The van der Waals surface area contributed by atoms with Gasteiger partial charge in [-0.3, -0.25) is 4.79 Å². The first-order valence-electron chi connectivity index (χ1n) is 6.59. The Labute approximate surface area is 126 Å². The molecular formula is C15H17NO4S. The SMILES string of the molecule is CCc1c(C)sc(NC(=O)c2oc(C)cc2C)c1C(=O)O. The number of aryl methyl sites for hydroxylation is 3. The van der Waals surface area contributed by atoms with Gasteiger partial charge in [0.25, 0.3) is 5.91 Å². The average Bonchev–Trinajstić information content (AvgIpc) is 2.88. The summed E-state index contributed by atoms with van der Waals surface area (Å²) < 4.78 is 5.36. The van der Waals surface area contributed by atoms with Gasteiger partial charge in [0, 0.05) is 10.4 Å². The molecule has 0 saturated carbocycles. The lowest BCUT2D eigenvalue weighted by Crippen LogP contribution is -2.14. The maximum Gasteiger partial charge on any atom is 0.339 e. The fourth-order valence-corrected chi connectivity index (χ4v) is 3.48. The molecule has 0 spiro atoms. The Hall–Kier alpha value is -2.08. The zero-order chi connectivity index (χ0) is 15.7. The first-order chi connectivity index (χ1) is 9.85. The number of nitrogens with one attached hydrogen (secondary N) is 1. The van der Waals surface area contributed by atoms with Crippen LogP contribution < -0.4 is 5.32 Å². The summed E-state index contributed by atoms with van der Waals surface area (Å²) in [5.41, 5.74) is 1.66. The van der Waals surface area contributed by atoms with E-state index in [4.69, 9.17) is 4.42 Å². The minimum Gasteiger partial charge on any atom is -0.478 e. The molecule has 6 heteroatoms. The standard InChI is InChI=1S/C15H17NO4S/c1-5-10-9(4)21-14(11(10)15(18)19)16-13(17)12-7(2)6-8(3)20-12/h6H,5H2,1-4H3,(H,16,17)(H,18,19). The predicted molar refractivity (Wildman–Crippen MR) is 81.5 cm³/mol. The second-order valence-corrected chi connectivity index (χ2v) is 6.05. The van der Waals surface area contributed by atoms with Crippen molar-refractivity contribution in [3.63, 3.8) is 0 Å². The van der Waals surface area contributed by atoms with Gasteiger partial charge in [0.15, 0.2) is 5.76 Å². The van der Waals surface area contributed by atoms with E-state index in [1.165, 1.54) is 11.3 Å². The van der Waals surface area contributed by atoms with E-state index in [1.54, 1.807) is 19.9 Å². The number of carboxylic acids is 1. The Bertz CT molecular complexity index is 712. The highest BCUT2D eigenvalue weighted by molar-refractivity contribution is 7.16. The third-order valence-corrected chi connectivity index (χ3v) is 4.31. The van der Waals surface area contributed by atoms with E-state index in [2.05, 4.69) is 5.32 Å². The van der Waals surface area contributed by atoms with Crippen molar-refractivity contribution in [3.8, 4) is 0 Å². The van der Waals surface area contributed by atoms with Crippen molar-refractivity contribution in [3.05, 3.63) is 39.2 Å². The molecule has 2 N–H and O–H groups in total. The number of thiophene rings is 1. The predicted octanol–water partition coefficient (Wildman–Crippen LogP) is 3.78. The number of amides is 1. The van der Waals surface area contributed by atoms with Crippen molar-refractivity contribution < 1.29 is 19.1 Å². The minimum atomic E-state index is -1.03. The van der Waals surface area contributed by atoms with Gasteiger partial charge < -0.3 is 14.8 Å². The molecule has 2 aromatic rings. The van der Waals surface area contributed by atoms with Gasteiger partial charge in [-0.15, -0.1) is 11.3 Å². The summed E-state index contributed by atoms with van der Waals surface area (Å²) in [6.45, 7) is 7.29. The molecule has 0 radical (unpaired) electrons. The van der Waals surface area contributed by atoms with Crippen LogP contribution in [0, 0.1) is 20.8 Å². The van der Waals surface area contributed by atoms with Crippen LogP contribution >= 0.6 is 11.3 Å². The Balaban J connectivity index is 2.38. The van der Waals surface area contributed by atoms with Gasteiger partial charge in [-0.05, 0) is 38.8 Å². The molecule has 21 heavy (non-hydrogen) atoms. The van der Waals surface area contributed by atoms with Crippen LogP contribution in [-0.2, 0) is 6.42 Å². The highest BCUT2D eigenvalue weighted by atomic mass is 32.1. The summed E-state index contributed by atoms with van der Waals surface area (Å²) in [6, 6.07) is 1.77. The number of rotatable bonds is 4. The molecule has 2 aromatic heterocycles. The highest BCUT2D eigenvalue weighted by Gasteiger charge is 2.23. The van der Waals surface area contributed by atoms with Gasteiger partial charge in [-0.1, -0.05) is 6.92 Å². The van der Waals surface area contributed by atoms with E-state index in [9.17, 15) is 14.7 Å². The van der Waals surface area contributed by atoms with Crippen LogP contribution in [0.1, 0.15) is 49.6 Å². The van der Waals surface area contributed by atoms with Gasteiger partial charge in [0.2, 0.25) is 0 Å². The van der Waals surface area contributed by atoms with E-state index in [0.29, 0.717) is 17.2 Å². The number of hydrogen-bond acceptors (Lipinski definition) is 4. The number of carboxylic acid groups (broad SMARTS) is 1. The second-order valence-electron chi connectivity index (χ2n) is 4.82. The summed E-state index contributed by atoms with van der Waals surface area (Å²) in [6.07, 6.45) is 0.610. The lowest BCUT2D eigenvalue weighted by molar-refractivity contribution is 0.0697. The number of carbonyl (C=O) groups is 2. The Kier molecular flexibility index (Phi) is 4.18. The third-order valence-electron chi connectivity index (χ3n) is 3.25. The smallest absolute Gasteiger partial charge is 0.339 e. The van der Waals surface area contributed by atoms with Gasteiger partial charge in [0.05, 0.1) is 5.56 Å². The molecule has 0 aromatic carbocycles. The van der Waals surface area contributed by atoms with Crippen molar-refractivity contribution in [1.29, 1.82) is 0 Å². The normalized spacial score (nSPS) is 10.7. The van der Waals surface area contributed by atoms with Crippen molar-refractivity contribution in [2.45, 2.75) is 34.1 Å². The fourth-order valence-electron chi connectivity index (χ4n) is 2.35. The Morgan fingerprint density at radius 1 is 1.33 bits per heavy atom. The number of carbonyl (C=O) groups excluding carboxylic acids is 1. The zero-order valence-corrected chi connectivity index (χ0v) is 13.2. The number of furan rings is 1. The maximum absolute atomic E-state index is 12.2. The van der Waals surface area contributed by atoms with Crippen molar-refractivity contribution in [2.75, 3.05) is 5.32 Å². The van der Waals surface area contributed by atoms with E-state index >= 15 is 0 Å². The molecule has 2 heterocycles. The Morgan fingerprint density at radius 3 is 2.48 bits per heavy atom. The maximum atomic E-state index is 12.2. The topological polar surface area (TPSA) is 79.5 Å². The van der Waals surface area contributed by atoms with Crippen LogP contribution in [0.3, 0.4) is 0 Å². The number of anilines is 1. The van der Waals surface area contributed by atoms with Gasteiger partial charge in [0.1, 0.15) is 10.8 Å². The van der Waals surface area contributed by atoms with Crippen LogP contribution in [-0.4, -0.2) is 17.0 Å². The summed E-state index contributed by atoms with van der Waals surface area (Å²) in [7, 11) is 0.